The quantitative estimate of drug-likeness (QED) is 0.157. The van der Waals surface area contributed by atoms with Crippen molar-refractivity contribution in [2.45, 2.75) is 19.3 Å². The molecule has 2 nitrogen and oxygen atoms in total. The molecule has 0 saturated heterocycles. The van der Waals surface area contributed by atoms with Gasteiger partial charge in [0.05, 0.1) is 11.4 Å². The molecule has 12 rings (SSSR count). The van der Waals surface area contributed by atoms with Crippen LogP contribution in [0.25, 0.3) is 111 Å². The lowest BCUT2D eigenvalue weighted by molar-refractivity contribution is 0.661. The van der Waals surface area contributed by atoms with Gasteiger partial charge in [-0.3, -0.25) is 0 Å². The van der Waals surface area contributed by atoms with Gasteiger partial charge >= 0.3 is 0 Å². The van der Waals surface area contributed by atoms with Gasteiger partial charge in [0.2, 0.25) is 0 Å². The first-order chi connectivity index (χ1) is 31.0. The van der Waals surface area contributed by atoms with Crippen LogP contribution in [0.5, 0.6) is 0 Å². The van der Waals surface area contributed by atoms with Crippen molar-refractivity contribution < 1.29 is 0 Å². The van der Waals surface area contributed by atoms with Crippen LogP contribution in [-0.2, 0) is 5.41 Å². The van der Waals surface area contributed by atoms with Gasteiger partial charge in [0.15, 0.2) is 5.82 Å². The second-order valence-corrected chi connectivity index (χ2v) is 17.3. The van der Waals surface area contributed by atoms with Crippen LogP contribution in [0.4, 0.5) is 0 Å². The molecule has 0 atom stereocenters. The van der Waals surface area contributed by atoms with Crippen LogP contribution in [0.3, 0.4) is 0 Å². The van der Waals surface area contributed by atoms with Crippen molar-refractivity contribution in [1.82, 2.24) is 9.97 Å². The SMILES string of the molecule is CC1(C)c2cc3ccccc3cc2-c2c(-c3c4ccccc4c(-c4ccc(-c5cc(-c6ccccc6-c6ccccc6)nc(-c6ccccc6)n5)cc4)c4ccccc34)cccc21. The zero-order chi connectivity index (χ0) is 42.1. The van der Waals surface area contributed by atoms with E-state index in [2.05, 4.69) is 214 Å². The van der Waals surface area contributed by atoms with Crippen molar-refractivity contribution in [3.8, 4) is 78.4 Å². The second kappa shape index (κ2) is 14.6. The molecule has 63 heavy (non-hydrogen) atoms. The van der Waals surface area contributed by atoms with E-state index in [1.54, 1.807) is 0 Å². The van der Waals surface area contributed by atoms with Crippen LogP contribution in [0.2, 0.25) is 0 Å². The molecular weight excluding hydrogens is 761 g/mol. The molecular formula is C61H42N2. The Labute approximate surface area is 367 Å². The van der Waals surface area contributed by atoms with Gasteiger partial charge in [0.1, 0.15) is 0 Å². The summed E-state index contributed by atoms with van der Waals surface area (Å²) >= 11 is 0. The van der Waals surface area contributed by atoms with Crippen molar-refractivity contribution in [3.63, 3.8) is 0 Å². The number of benzene rings is 10. The zero-order valence-electron chi connectivity index (χ0n) is 35.2. The Morgan fingerprint density at radius 3 is 1.48 bits per heavy atom. The third-order valence-electron chi connectivity index (χ3n) is 13.3. The summed E-state index contributed by atoms with van der Waals surface area (Å²) in [5.74, 6) is 0.703. The molecule has 10 aromatic carbocycles. The molecule has 0 spiro atoms. The lowest BCUT2D eigenvalue weighted by atomic mass is 9.80. The second-order valence-electron chi connectivity index (χ2n) is 17.3. The lowest BCUT2D eigenvalue weighted by Gasteiger charge is -2.23. The summed E-state index contributed by atoms with van der Waals surface area (Å²) in [7, 11) is 0. The summed E-state index contributed by atoms with van der Waals surface area (Å²) in [5, 5.41) is 7.54. The fourth-order valence-corrected chi connectivity index (χ4v) is 10.2. The highest BCUT2D eigenvalue weighted by Crippen LogP contribution is 2.55. The van der Waals surface area contributed by atoms with Crippen LogP contribution in [-0.4, -0.2) is 9.97 Å². The third-order valence-corrected chi connectivity index (χ3v) is 13.3. The van der Waals surface area contributed by atoms with Crippen LogP contribution >= 0.6 is 0 Å². The predicted molar refractivity (Wildman–Crippen MR) is 265 cm³/mol. The molecule has 0 N–H and O–H groups in total. The first kappa shape index (κ1) is 36.9. The minimum absolute atomic E-state index is 0.129. The Balaban J connectivity index is 1.02. The fourth-order valence-electron chi connectivity index (χ4n) is 10.2. The van der Waals surface area contributed by atoms with Gasteiger partial charge < -0.3 is 0 Å². The first-order valence-corrected chi connectivity index (χ1v) is 21.8. The summed E-state index contributed by atoms with van der Waals surface area (Å²) in [6.45, 7) is 4.77. The van der Waals surface area contributed by atoms with Gasteiger partial charge in [0.25, 0.3) is 0 Å². The van der Waals surface area contributed by atoms with E-state index in [4.69, 9.17) is 9.97 Å². The highest BCUT2D eigenvalue weighted by molar-refractivity contribution is 6.23. The topological polar surface area (TPSA) is 25.8 Å². The molecule has 1 aliphatic carbocycles. The lowest BCUT2D eigenvalue weighted by Crippen LogP contribution is -2.14. The molecule has 11 aromatic rings. The molecule has 0 bridgehead atoms. The van der Waals surface area contributed by atoms with E-state index >= 15 is 0 Å². The van der Waals surface area contributed by atoms with E-state index in [0.29, 0.717) is 5.82 Å². The maximum Gasteiger partial charge on any atom is 0.160 e. The minimum atomic E-state index is -0.129. The highest BCUT2D eigenvalue weighted by atomic mass is 14.9. The Hall–Kier alpha value is -7.94. The molecule has 0 amide bonds. The van der Waals surface area contributed by atoms with E-state index in [0.717, 1.165) is 39.2 Å². The van der Waals surface area contributed by atoms with Gasteiger partial charge in [-0.15, -0.1) is 0 Å². The van der Waals surface area contributed by atoms with Gasteiger partial charge in [0, 0.05) is 22.1 Å². The van der Waals surface area contributed by atoms with Crippen LogP contribution in [0.15, 0.2) is 218 Å². The Bertz CT molecular complexity index is 3510. The minimum Gasteiger partial charge on any atom is -0.228 e. The Kier molecular flexibility index (Phi) is 8.55. The van der Waals surface area contributed by atoms with Crippen molar-refractivity contribution in [1.29, 1.82) is 0 Å². The van der Waals surface area contributed by atoms with Crippen LogP contribution in [0.1, 0.15) is 25.0 Å². The highest BCUT2D eigenvalue weighted by Gasteiger charge is 2.37. The maximum atomic E-state index is 5.21. The zero-order valence-corrected chi connectivity index (χ0v) is 35.2. The number of aromatic nitrogens is 2. The molecule has 0 saturated carbocycles. The summed E-state index contributed by atoms with van der Waals surface area (Å²) in [4.78, 5) is 10.4. The predicted octanol–water partition coefficient (Wildman–Crippen LogP) is 16.2. The molecule has 2 heteroatoms. The standard InChI is InChI=1S/C61H42N2/c1-61(2)53-31-17-30-51(59(53)52-36-43-22-9-10-23-44(43)37-54(52)61)58-49-28-15-13-26-47(49)57(48-27-14-16-29-50(48)58)41-34-32-40(33-35-41)55-38-56(63-60(62-55)42-20-7-4-8-21-42)46-25-12-11-24-45(46)39-18-5-3-6-19-39/h3-38H,1-2H3. The van der Waals surface area contributed by atoms with E-state index in [1.165, 1.54) is 76.8 Å². The van der Waals surface area contributed by atoms with Crippen LogP contribution in [0, 0.1) is 0 Å². The van der Waals surface area contributed by atoms with Crippen molar-refractivity contribution in [3.05, 3.63) is 230 Å². The smallest absolute Gasteiger partial charge is 0.160 e. The molecule has 296 valence electrons. The average molecular weight is 803 g/mol. The molecule has 0 fully saturated rings. The molecule has 0 radical (unpaired) electrons. The number of hydrogen-bond donors (Lipinski definition) is 0. The van der Waals surface area contributed by atoms with Gasteiger partial charge in [-0.25, -0.2) is 9.97 Å². The van der Waals surface area contributed by atoms with Crippen molar-refractivity contribution in [2.24, 2.45) is 0 Å². The average Bonchev–Trinajstić information content (AvgIpc) is 3.57. The number of fused-ring (bicyclic) bond motifs is 6. The largest absolute Gasteiger partial charge is 0.228 e. The van der Waals surface area contributed by atoms with E-state index in [1.807, 2.05) is 18.2 Å². The van der Waals surface area contributed by atoms with E-state index in [-0.39, 0.29) is 5.41 Å². The van der Waals surface area contributed by atoms with E-state index < -0.39 is 0 Å². The third kappa shape index (κ3) is 6.02. The number of hydrogen-bond acceptors (Lipinski definition) is 2. The van der Waals surface area contributed by atoms with Gasteiger partial charge in [-0.2, -0.15) is 0 Å². The first-order valence-electron chi connectivity index (χ1n) is 21.8. The molecule has 1 aliphatic rings. The molecule has 0 unspecified atom stereocenters. The fraction of sp³-hybridized carbons (Fsp3) is 0.0492. The molecule has 0 aliphatic heterocycles. The van der Waals surface area contributed by atoms with Crippen molar-refractivity contribution in [2.75, 3.05) is 0 Å². The van der Waals surface area contributed by atoms with Crippen LogP contribution < -0.4 is 0 Å². The number of nitrogens with zero attached hydrogens (tertiary/aromatic N) is 2. The molecule has 1 aromatic heterocycles. The van der Waals surface area contributed by atoms with E-state index in [9.17, 15) is 0 Å². The summed E-state index contributed by atoms with van der Waals surface area (Å²) in [6, 6.07) is 79.0. The Morgan fingerprint density at radius 2 is 0.810 bits per heavy atom. The summed E-state index contributed by atoms with van der Waals surface area (Å²) in [6.07, 6.45) is 0. The Morgan fingerprint density at radius 1 is 0.302 bits per heavy atom. The normalized spacial score (nSPS) is 12.7. The maximum absolute atomic E-state index is 5.21. The summed E-state index contributed by atoms with van der Waals surface area (Å²) in [5.41, 5.74) is 17.5. The van der Waals surface area contributed by atoms with Gasteiger partial charge in [-0.05, 0) is 106 Å². The molecule has 1 heterocycles. The van der Waals surface area contributed by atoms with Crippen molar-refractivity contribution >= 4 is 32.3 Å². The van der Waals surface area contributed by atoms with Gasteiger partial charge in [-0.1, -0.05) is 214 Å². The number of rotatable bonds is 6. The summed E-state index contributed by atoms with van der Waals surface area (Å²) < 4.78 is 0. The monoisotopic (exact) mass is 802 g/mol.